The average molecular weight is 246 g/mol. The molecule has 0 aliphatic heterocycles. The molecule has 3 N–H and O–H groups in total. The van der Waals surface area contributed by atoms with Gasteiger partial charge in [0.2, 0.25) is 10.0 Å². The Bertz CT molecular complexity index is 435. The normalized spacial score (nSPS) is 17.7. The third kappa shape index (κ3) is 2.23. The van der Waals surface area contributed by atoms with Crippen molar-refractivity contribution in [2.45, 2.75) is 36.7 Å². The van der Waals surface area contributed by atoms with E-state index in [2.05, 4.69) is 4.72 Å². The molecule has 0 aromatic carbocycles. The summed E-state index contributed by atoms with van der Waals surface area (Å²) in [5, 5.41) is 1.76. The van der Waals surface area contributed by atoms with E-state index in [0.29, 0.717) is 4.90 Å². The Morgan fingerprint density at radius 3 is 2.80 bits per heavy atom. The maximum Gasteiger partial charge on any atom is 0.241 e. The van der Waals surface area contributed by atoms with Crippen LogP contribution in [0.4, 0.5) is 0 Å². The van der Waals surface area contributed by atoms with Gasteiger partial charge in [-0.3, -0.25) is 0 Å². The number of thiophene rings is 1. The molecule has 0 radical (unpaired) electrons. The zero-order valence-electron chi connectivity index (χ0n) is 8.27. The molecule has 6 heteroatoms. The zero-order chi connectivity index (χ0) is 10.9. The Balaban J connectivity index is 2.20. The van der Waals surface area contributed by atoms with Gasteiger partial charge in [0.05, 0.1) is 4.90 Å². The van der Waals surface area contributed by atoms with Gasteiger partial charge in [-0.1, -0.05) is 6.42 Å². The summed E-state index contributed by atoms with van der Waals surface area (Å²) in [6.45, 7) is 0.276. The average Bonchev–Trinajstić information content (AvgIpc) is 2.60. The van der Waals surface area contributed by atoms with Crippen LogP contribution in [0.1, 0.15) is 24.1 Å². The van der Waals surface area contributed by atoms with Gasteiger partial charge in [-0.25, -0.2) is 13.1 Å². The highest BCUT2D eigenvalue weighted by atomic mass is 32.2. The van der Waals surface area contributed by atoms with Crippen molar-refractivity contribution >= 4 is 21.4 Å². The van der Waals surface area contributed by atoms with Gasteiger partial charge in [-0.2, -0.15) is 0 Å². The van der Waals surface area contributed by atoms with Crippen molar-refractivity contribution in [2.24, 2.45) is 5.73 Å². The van der Waals surface area contributed by atoms with Crippen LogP contribution in [0.5, 0.6) is 0 Å². The minimum Gasteiger partial charge on any atom is -0.326 e. The van der Waals surface area contributed by atoms with Crippen LogP contribution in [-0.4, -0.2) is 14.5 Å². The number of hydrogen-bond donors (Lipinski definition) is 2. The summed E-state index contributed by atoms with van der Waals surface area (Å²) in [6.07, 6.45) is 3.00. The molecule has 0 bridgehead atoms. The van der Waals surface area contributed by atoms with Gasteiger partial charge in [0.25, 0.3) is 0 Å². The van der Waals surface area contributed by atoms with Crippen molar-refractivity contribution < 1.29 is 8.42 Å². The van der Waals surface area contributed by atoms with Crippen LogP contribution in [0.15, 0.2) is 16.3 Å². The molecule has 1 heterocycles. The SMILES string of the molecule is NCc1sccc1S(=O)(=O)NC1CCC1. The number of sulfonamides is 1. The van der Waals surface area contributed by atoms with E-state index < -0.39 is 10.0 Å². The molecule has 0 unspecified atom stereocenters. The van der Waals surface area contributed by atoms with Crippen molar-refractivity contribution in [1.82, 2.24) is 4.72 Å². The van der Waals surface area contributed by atoms with E-state index in [-0.39, 0.29) is 12.6 Å². The molecule has 84 valence electrons. The molecule has 1 aromatic rings. The fourth-order valence-electron chi connectivity index (χ4n) is 1.53. The van der Waals surface area contributed by atoms with Gasteiger partial charge in [-0.15, -0.1) is 11.3 Å². The third-order valence-corrected chi connectivity index (χ3v) is 5.28. The summed E-state index contributed by atoms with van der Waals surface area (Å²) in [5.41, 5.74) is 5.49. The molecule has 4 nitrogen and oxygen atoms in total. The molecular weight excluding hydrogens is 232 g/mol. The summed E-state index contributed by atoms with van der Waals surface area (Å²) in [6, 6.07) is 1.74. The fraction of sp³-hybridized carbons (Fsp3) is 0.556. The highest BCUT2D eigenvalue weighted by Gasteiger charge is 2.26. The Labute approximate surface area is 93.5 Å². The number of hydrogen-bond acceptors (Lipinski definition) is 4. The smallest absolute Gasteiger partial charge is 0.241 e. The van der Waals surface area contributed by atoms with Gasteiger partial charge in [-0.05, 0) is 24.3 Å². The number of nitrogens with two attached hydrogens (primary N) is 1. The molecule has 15 heavy (non-hydrogen) atoms. The van der Waals surface area contributed by atoms with E-state index >= 15 is 0 Å². The first-order valence-electron chi connectivity index (χ1n) is 4.92. The summed E-state index contributed by atoms with van der Waals surface area (Å²) >= 11 is 1.38. The Morgan fingerprint density at radius 2 is 2.27 bits per heavy atom. The molecule has 0 saturated heterocycles. The predicted octanol–water partition coefficient (Wildman–Crippen LogP) is 1.04. The van der Waals surface area contributed by atoms with Crippen LogP contribution in [-0.2, 0) is 16.6 Å². The molecule has 1 aliphatic carbocycles. The lowest BCUT2D eigenvalue weighted by molar-refractivity contribution is 0.383. The number of rotatable bonds is 4. The maximum atomic E-state index is 11.9. The second kappa shape index (κ2) is 4.21. The van der Waals surface area contributed by atoms with Crippen LogP contribution in [0.2, 0.25) is 0 Å². The largest absolute Gasteiger partial charge is 0.326 e. The summed E-state index contributed by atoms with van der Waals surface area (Å²) < 4.78 is 26.5. The van der Waals surface area contributed by atoms with Gasteiger partial charge in [0.1, 0.15) is 0 Å². The monoisotopic (exact) mass is 246 g/mol. The summed E-state index contributed by atoms with van der Waals surface area (Å²) in [7, 11) is -3.34. The quantitative estimate of drug-likeness (QED) is 0.833. The van der Waals surface area contributed by atoms with E-state index in [1.165, 1.54) is 11.3 Å². The molecular formula is C9H14N2O2S2. The predicted molar refractivity (Wildman–Crippen MR) is 60.2 cm³/mol. The van der Waals surface area contributed by atoms with Gasteiger partial charge in [0, 0.05) is 17.5 Å². The molecule has 2 rings (SSSR count). The van der Waals surface area contributed by atoms with E-state index in [0.717, 1.165) is 24.1 Å². The molecule has 1 saturated carbocycles. The minimum absolute atomic E-state index is 0.125. The Kier molecular flexibility index (Phi) is 3.11. The van der Waals surface area contributed by atoms with Crippen LogP contribution >= 0.6 is 11.3 Å². The second-order valence-electron chi connectivity index (χ2n) is 3.66. The summed E-state index contributed by atoms with van der Waals surface area (Å²) in [4.78, 5) is 1.07. The second-order valence-corrected chi connectivity index (χ2v) is 6.34. The maximum absolute atomic E-state index is 11.9. The van der Waals surface area contributed by atoms with Crippen LogP contribution in [0, 0.1) is 0 Å². The Hall–Kier alpha value is -0.430. The van der Waals surface area contributed by atoms with Crippen molar-refractivity contribution in [1.29, 1.82) is 0 Å². The van der Waals surface area contributed by atoms with E-state index in [1.54, 1.807) is 11.4 Å². The topological polar surface area (TPSA) is 72.2 Å². The summed E-state index contributed by atoms with van der Waals surface area (Å²) in [5.74, 6) is 0. The lowest BCUT2D eigenvalue weighted by Gasteiger charge is -2.26. The first kappa shape index (κ1) is 11.1. The van der Waals surface area contributed by atoms with Crippen molar-refractivity contribution in [3.05, 3.63) is 16.3 Å². The molecule has 0 spiro atoms. The van der Waals surface area contributed by atoms with Crippen LogP contribution in [0.25, 0.3) is 0 Å². The van der Waals surface area contributed by atoms with Gasteiger partial charge in [0.15, 0.2) is 0 Å². The minimum atomic E-state index is -3.34. The third-order valence-electron chi connectivity index (χ3n) is 2.61. The van der Waals surface area contributed by atoms with E-state index in [9.17, 15) is 8.42 Å². The molecule has 1 aliphatic rings. The number of nitrogens with one attached hydrogen (secondary N) is 1. The van der Waals surface area contributed by atoms with Crippen LogP contribution in [0.3, 0.4) is 0 Å². The highest BCUT2D eigenvalue weighted by molar-refractivity contribution is 7.89. The van der Waals surface area contributed by atoms with Crippen molar-refractivity contribution in [2.75, 3.05) is 0 Å². The zero-order valence-corrected chi connectivity index (χ0v) is 9.90. The molecule has 1 fully saturated rings. The lowest BCUT2D eigenvalue weighted by Crippen LogP contribution is -2.39. The van der Waals surface area contributed by atoms with Crippen molar-refractivity contribution in [3.63, 3.8) is 0 Å². The first-order chi connectivity index (χ1) is 7.13. The lowest BCUT2D eigenvalue weighted by atomic mass is 9.94. The van der Waals surface area contributed by atoms with E-state index in [4.69, 9.17) is 5.73 Å². The van der Waals surface area contributed by atoms with Crippen LogP contribution < -0.4 is 10.5 Å². The first-order valence-corrected chi connectivity index (χ1v) is 7.28. The Morgan fingerprint density at radius 1 is 1.53 bits per heavy atom. The van der Waals surface area contributed by atoms with E-state index in [1.807, 2.05) is 0 Å². The molecule has 0 amide bonds. The van der Waals surface area contributed by atoms with Gasteiger partial charge >= 0.3 is 0 Å². The standard InChI is InChI=1S/C9H14N2O2S2/c10-6-8-9(4-5-14-8)15(12,13)11-7-2-1-3-7/h4-5,7,11H,1-3,6,10H2. The van der Waals surface area contributed by atoms with Crippen molar-refractivity contribution in [3.8, 4) is 0 Å². The molecule has 1 aromatic heterocycles. The fourth-order valence-corrected chi connectivity index (χ4v) is 4.17. The molecule has 0 atom stereocenters. The highest BCUT2D eigenvalue weighted by Crippen LogP contribution is 2.25. The van der Waals surface area contributed by atoms with Gasteiger partial charge < -0.3 is 5.73 Å².